The van der Waals surface area contributed by atoms with Crippen LogP contribution in [0.15, 0.2) is 10.6 Å². The summed E-state index contributed by atoms with van der Waals surface area (Å²) in [6.07, 6.45) is 1.66. The number of halogens is 1. The topological polar surface area (TPSA) is 26.3 Å². The molecule has 0 amide bonds. The van der Waals surface area contributed by atoms with Crippen molar-refractivity contribution in [3.63, 3.8) is 0 Å². The summed E-state index contributed by atoms with van der Waals surface area (Å²) in [7, 11) is 0. The third-order valence-corrected chi connectivity index (χ3v) is 1.63. The van der Waals surface area contributed by atoms with Gasteiger partial charge < -0.3 is 4.74 Å². The Labute approximate surface area is 75.7 Å². The first-order valence-electron chi connectivity index (χ1n) is 3.42. The summed E-state index contributed by atoms with van der Waals surface area (Å²) in [5.41, 5.74) is -0.418. The van der Waals surface area contributed by atoms with Gasteiger partial charge in [0.1, 0.15) is 5.60 Å². The van der Waals surface area contributed by atoms with Crippen LogP contribution in [0.1, 0.15) is 27.7 Å². The first-order chi connectivity index (χ1) is 4.87. The summed E-state index contributed by atoms with van der Waals surface area (Å²) >= 11 is 3.08. The van der Waals surface area contributed by atoms with Gasteiger partial charge in [-0.1, -0.05) is 6.08 Å². The van der Waals surface area contributed by atoms with Crippen LogP contribution in [0.2, 0.25) is 0 Å². The van der Waals surface area contributed by atoms with E-state index in [4.69, 9.17) is 4.74 Å². The zero-order valence-corrected chi connectivity index (χ0v) is 8.86. The van der Waals surface area contributed by atoms with Crippen LogP contribution in [-0.2, 0) is 9.53 Å². The van der Waals surface area contributed by atoms with Gasteiger partial charge in [0.15, 0.2) is 0 Å². The predicted molar refractivity (Wildman–Crippen MR) is 48.5 cm³/mol. The molecule has 0 unspecified atom stereocenters. The zero-order chi connectivity index (χ0) is 9.07. The molecule has 0 aromatic carbocycles. The van der Waals surface area contributed by atoms with Crippen molar-refractivity contribution in [3.8, 4) is 0 Å². The fraction of sp³-hybridized carbons (Fsp3) is 0.625. The predicted octanol–water partition coefficient (Wildman–Crippen LogP) is 2.63. The van der Waals surface area contributed by atoms with E-state index in [2.05, 4.69) is 15.9 Å². The van der Waals surface area contributed by atoms with E-state index in [0.29, 0.717) is 4.48 Å². The molecule has 0 aliphatic carbocycles. The smallest absolute Gasteiger partial charge is 0.345 e. The molecule has 64 valence electrons. The summed E-state index contributed by atoms with van der Waals surface area (Å²) in [6.45, 7) is 7.27. The highest BCUT2D eigenvalue weighted by Crippen LogP contribution is 2.14. The van der Waals surface area contributed by atoms with Gasteiger partial charge in [-0.15, -0.1) is 0 Å². The van der Waals surface area contributed by atoms with Crippen LogP contribution in [0.5, 0.6) is 0 Å². The van der Waals surface area contributed by atoms with E-state index in [1.165, 1.54) is 0 Å². The molecular formula is C8H13BrO2. The summed E-state index contributed by atoms with van der Waals surface area (Å²) in [5.74, 6) is -0.319. The van der Waals surface area contributed by atoms with Crippen molar-refractivity contribution in [2.45, 2.75) is 33.3 Å². The summed E-state index contributed by atoms with van der Waals surface area (Å²) in [5, 5.41) is 0. The Morgan fingerprint density at radius 3 is 2.18 bits per heavy atom. The Bertz CT molecular complexity index is 177. The number of carbonyl (C=O) groups is 1. The van der Waals surface area contributed by atoms with E-state index in [1.54, 1.807) is 13.0 Å². The van der Waals surface area contributed by atoms with Crippen LogP contribution in [-0.4, -0.2) is 11.6 Å². The van der Waals surface area contributed by atoms with E-state index in [-0.39, 0.29) is 5.97 Å². The van der Waals surface area contributed by atoms with E-state index < -0.39 is 5.60 Å². The molecule has 0 aromatic heterocycles. The SMILES string of the molecule is CC=C(Br)C(=O)OC(C)(C)C. The molecule has 11 heavy (non-hydrogen) atoms. The monoisotopic (exact) mass is 220 g/mol. The second kappa shape index (κ2) is 3.90. The van der Waals surface area contributed by atoms with Gasteiger partial charge in [0, 0.05) is 0 Å². The molecule has 2 nitrogen and oxygen atoms in total. The fourth-order valence-corrected chi connectivity index (χ4v) is 0.526. The Kier molecular flexibility index (Phi) is 3.79. The lowest BCUT2D eigenvalue weighted by Crippen LogP contribution is -2.23. The molecule has 0 spiro atoms. The normalized spacial score (nSPS) is 13.0. The van der Waals surface area contributed by atoms with Gasteiger partial charge >= 0.3 is 5.97 Å². The maximum atomic E-state index is 11.1. The Morgan fingerprint density at radius 1 is 1.45 bits per heavy atom. The van der Waals surface area contributed by atoms with Gasteiger partial charge in [-0.25, -0.2) is 4.79 Å². The van der Waals surface area contributed by atoms with Gasteiger partial charge in [0.25, 0.3) is 0 Å². The highest BCUT2D eigenvalue weighted by atomic mass is 79.9. The van der Waals surface area contributed by atoms with Crippen LogP contribution in [0.4, 0.5) is 0 Å². The van der Waals surface area contributed by atoms with Gasteiger partial charge in [-0.3, -0.25) is 0 Å². The summed E-state index contributed by atoms with van der Waals surface area (Å²) < 4.78 is 5.50. The largest absolute Gasteiger partial charge is 0.456 e. The lowest BCUT2D eigenvalue weighted by molar-refractivity contribution is -0.148. The summed E-state index contributed by atoms with van der Waals surface area (Å²) in [4.78, 5) is 11.1. The summed E-state index contributed by atoms with van der Waals surface area (Å²) in [6, 6.07) is 0. The minimum absolute atomic E-state index is 0.319. The third-order valence-electron chi connectivity index (χ3n) is 0.847. The van der Waals surface area contributed by atoms with Crippen molar-refractivity contribution in [2.24, 2.45) is 0 Å². The van der Waals surface area contributed by atoms with Crippen LogP contribution in [0.3, 0.4) is 0 Å². The molecule has 0 saturated heterocycles. The van der Waals surface area contributed by atoms with Crippen molar-refractivity contribution in [3.05, 3.63) is 10.6 Å². The maximum Gasteiger partial charge on any atom is 0.345 e. The van der Waals surface area contributed by atoms with Crippen molar-refractivity contribution in [2.75, 3.05) is 0 Å². The number of ether oxygens (including phenoxy) is 1. The lowest BCUT2D eigenvalue weighted by Gasteiger charge is -2.18. The molecule has 0 radical (unpaired) electrons. The average molecular weight is 221 g/mol. The number of allylic oxidation sites excluding steroid dienone is 1. The first-order valence-corrected chi connectivity index (χ1v) is 4.21. The Hall–Kier alpha value is -0.310. The Balaban J connectivity index is 4.10. The molecule has 0 saturated carbocycles. The molecule has 0 fully saturated rings. The fourth-order valence-electron chi connectivity index (χ4n) is 0.445. The zero-order valence-electron chi connectivity index (χ0n) is 7.27. The van der Waals surface area contributed by atoms with Crippen molar-refractivity contribution >= 4 is 21.9 Å². The molecule has 0 heterocycles. The highest BCUT2D eigenvalue weighted by Gasteiger charge is 2.17. The molecule has 0 aromatic rings. The standard InChI is InChI=1S/C8H13BrO2/c1-5-6(9)7(10)11-8(2,3)4/h5H,1-4H3. The number of hydrogen-bond acceptors (Lipinski definition) is 2. The van der Waals surface area contributed by atoms with Crippen LogP contribution < -0.4 is 0 Å². The minimum atomic E-state index is -0.418. The second-order valence-electron chi connectivity index (χ2n) is 3.14. The van der Waals surface area contributed by atoms with Crippen LogP contribution in [0, 0.1) is 0 Å². The number of rotatable bonds is 1. The number of carbonyl (C=O) groups excluding carboxylic acids is 1. The van der Waals surface area contributed by atoms with Gasteiger partial charge in [-0.05, 0) is 43.6 Å². The molecule has 0 bridgehead atoms. The number of esters is 1. The van der Waals surface area contributed by atoms with Gasteiger partial charge in [-0.2, -0.15) is 0 Å². The molecule has 3 heteroatoms. The average Bonchev–Trinajstić information content (AvgIpc) is 1.82. The highest BCUT2D eigenvalue weighted by molar-refractivity contribution is 9.12. The second-order valence-corrected chi connectivity index (χ2v) is 3.99. The maximum absolute atomic E-state index is 11.1. The van der Waals surface area contributed by atoms with E-state index in [1.807, 2.05) is 20.8 Å². The Morgan fingerprint density at radius 2 is 1.91 bits per heavy atom. The van der Waals surface area contributed by atoms with Crippen molar-refractivity contribution in [1.29, 1.82) is 0 Å². The van der Waals surface area contributed by atoms with E-state index in [9.17, 15) is 4.79 Å². The van der Waals surface area contributed by atoms with Crippen LogP contribution >= 0.6 is 15.9 Å². The molecular weight excluding hydrogens is 208 g/mol. The van der Waals surface area contributed by atoms with Gasteiger partial charge in [0.05, 0.1) is 4.48 Å². The van der Waals surface area contributed by atoms with Crippen molar-refractivity contribution in [1.82, 2.24) is 0 Å². The first kappa shape index (κ1) is 10.7. The quantitative estimate of drug-likeness (QED) is 0.502. The van der Waals surface area contributed by atoms with Gasteiger partial charge in [0.2, 0.25) is 0 Å². The van der Waals surface area contributed by atoms with Crippen molar-refractivity contribution < 1.29 is 9.53 Å². The minimum Gasteiger partial charge on any atom is -0.456 e. The molecule has 0 aliphatic heterocycles. The number of hydrogen-bond donors (Lipinski definition) is 0. The molecule has 0 atom stereocenters. The van der Waals surface area contributed by atoms with Crippen LogP contribution in [0.25, 0.3) is 0 Å². The lowest BCUT2D eigenvalue weighted by atomic mass is 10.2. The molecule has 0 aliphatic rings. The third kappa shape index (κ3) is 5.01. The van der Waals surface area contributed by atoms with E-state index in [0.717, 1.165) is 0 Å². The van der Waals surface area contributed by atoms with E-state index >= 15 is 0 Å². The molecule has 0 N–H and O–H groups in total. The molecule has 0 rings (SSSR count).